The van der Waals surface area contributed by atoms with Crippen LogP contribution in [0.5, 0.6) is 0 Å². The van der Waals surface area contributed by atoms with Gasteiger partial charge < -0.3 is 4.74 Å². The molecule has 4 nitrogen and oxygen atoms in total. The first-order chi connectivity index (χ1) is 14.3. The van der Waals surface area contributed by atoms with E-state index in [-0.39, 0.29) is 0 Å². The molecule has 0 spiro atoms. The van der Waals surface area contributed by atoms with E-state index in [2.05, 4.69) is 72.8 Å². The van der Waals surface area contributed by atoms with Gasteiger partial charge in [0, 0.05) is 6.61 Å². The van der Waals surface area contributed by atoms with Gasteiger partial charge in [-0.15, -0.1) is 0 Å². The van der Waals surface area contributed by atoms with Gasteiger partial charge >= 0.3 is 0 Å². The van der Waals surface area contributed by atoms with Crippen molar-refractivity contribution in [2.24, 2.45) is 0 Å². The second-order valence-corrected chi connectivity index (χ2v) is 6.76. The maximum absolute atomic E-state index is 6.74. The summed E-state index contributed by atoms with van der Waals surface area (Å²) in [4.78, 5) is 10.3. The monoisotopic (exact) mass is 391 g/mol. The highest BCUT2D eigenvalue weighted by atomic mass is 16.9. The molecule has 0 saturated heterocycles. The van der Waals surface area contributed by atoms with Crippen LogP contribution in [0.3, 0.4) is 0 Å². The molecule has 0 heterocycles. The lowest BCUT2D eigenvalue weighted by Gasteiger charge is -2.36. The van der Waals surface area contributed by atoms with E-state index in [1.165, 1.54) is 5.23 Å². The van der Waals surface area contributed by atoms with Crippen LogP contribution in [0.15, 0.2) is 91.0 Å². The van der Waals surface area contributed by atoms with Crippen LogP contribution < -0.4 is 0 Å². The van der Waals surface area contributed by atoms with Gasteiger partial charge in [-0.1, -0.05) is 96.2 Å². The molecule has 0 bridgehead atoms. The van der Waals surface area contributed by atoms with Gasteiger partial charge in [-0.3, -0.25) is 9.68 Å². The van der Waals surface area contributed by atoms with E-state index in [0.29, 0.717) is 13.2 Å². The minimum absolute atomic E-state index is 0.611. The van der Waals surface area contributed by atoms with Crippen LogP contribution in [0.25, 0.3) is 0 Å². The molecule has 0 atom stereocenters. The van der Waals surface area contributed by atoms with Crippen LogP contribution in [0, 0.1) is 0 Å². The van der Waals surface area contributed by atoms with Crippen LogP contribution in [-0.4, -0.2) is 32.6 Å². The molecule has 0 unspecified atom stereocenters. The number of rotatable bonds is 11. The highest BCUT2D eigenvalue weighted by Gasteiger charge is 2.37. The predicted octanol–water partition coefficient (Wildman–Crippen LogP) is 5.20. The molecule has 0 N–H and O–H groups in total. The molecule has 0 aliphatic heterocycles. The predicted molar refractivity (Wildman–Crippen MR) is 115 cm³/mol. The molecule has 152 valence electrons. The molecule has 29 heavy (non-hydrogen) atoms. The van der Waals surface area contributed by atoms with E-state index in [1.54, 1.807) is 14.2 Å². The first-order valence-corrected chi connectivity index (χ1v) is 9.97. The summed E-state index contributed by atoms with van der Waals surface area (Å²) in [6, 6.07) is 31.3. The summed E-state index contributed by atoms with van der Waals surface area (Å²) >= 11 is 0. The SMILES string of the molecule is CON(CCCCOC(c1ccccc1)(c1ccccc1)c1ccccc1)OC. The van der Waals surface area contributed by atoms with Gasteiger partial charge in [0.05, 0.1) is 20.8 Å². The quantitative estimate of drug-likeness (QED) is 0.255. The van der Waals surface area contributed by atoms with E-state index in [9.17, 15) is 0 Å². The lowest BCUT2D eigenvalue weighted by atomic mass is 9.80. The lowest BCUT2D eigenvalue weighted by molar-refractivity contribution is -0.342. The summed E-state index contributed by atoms with van der Waals surface area (Å²) in [6.07, 6.45) is 1.79. The van der Waals surface area contributed by atoms with Crippen molar-refractivity contribution < 1.29 is 14.4 Å². The Morgan fingerprint density at radius 3 is 1.41 bits per heavy atom. The summed E-state index contributed by atoms with van der Waals surface area (Å²) in [7, 11) is 3.20. The molecule has 3 aromatic carbocycles. The molecule has 0 aromatic heterocycles. The Kier molecular flexibility index (Phi) is 7.96. The highest BCUT2D eigenvalue weighted by Crippen LogP contribution is 2.40. The van der Waals surface area contributed by atoms with Gasteiger partial charge in [-0.2, -0.15) is 0 Å². The van der Waals surface area contributed by atoms with Crippen molar-refractivity contribution in [3.05, 3.63) is 108 Å². The topological polar surface area (TPSA) is 30.9 Å². The van der Waals surface area contributed by atoms with Crippen LogP contribution >= 0.6 is 0 Å². The Morgan fingerprint density at radius 2 is 1.03 bits per heavy atom. The number of hydroxylamine groups is 2. The molecule has 0 aliphatic rings. The summed E-state index contributed by atoms with van der Waals surface area (Å²) in [5.41, 5.74) is 2.69. The van der Waals surface area contributed by atoms with Gasteiger partial charge in [0.15, 0.2) is 0 Å². The zero-order valence-electron chi connectivity index (χ0n) is 17.2. The first kappa shape index (κ1) is 21.2. The first-order valence-electron chi connectivity index (χ1n) is 9.97. The van der Waals surface area contributed by atoms with Crippen molar-refractivity contribution in [3.63, 3.8) is 0 Å². The maximum Gasteiger partial charge on any atom is 0.143 e. The lowest BCUT2D eigenvalue weighted by Crippen LogP contribution is -2.33. The van der Waals surface area contributed by atoms with Crippen LogP contribution in [0.4, 0.5) is 0 Å². The minimum atomic E-state index is -0.661. The van der Waals surface area contributed by atoms with Crippen molar-refractivity contribution in [2.75, 3.05) is 27.4 Å². The minimum Gasteiger partial charge on any atom is -0.361 e. The third-order valence-electron chi connectivity index (χ3n) is 5.00. The third-order valence-corrected chi connectivity index (χ3v) is 5.00. The van der Waals surface area contributed by atoms with Gasteiger partial charge in [-0.25, -0.2) is 0 Å². The average Bonchev–Trinajstić information content (AvgIpc) is 2.81. The number of hydrogen-bond donors (Lipinski definition) is 0. The summed E-state index contributed by atoms with van der Waals surface area (Å²) in [5.74, 6) is 0. The number of unbranched alkanes of at least 4 members (excludes halogenated alkanes) is 1. The van der Waals surface area contributed by atoms with Crippen molar-refractivity contribution in [1.29, 1.82) is 0 Å². The zero-order valence-corrected chi connectivity index (χ0v) is 17.2. The number of nitrogens with zero attached hydrogens (tertiary/aromatic N) is 1. The number of benzene rings is 3. The molecule has 4 heteroatoms. The summed E-state index contributed by atoms with van der Waals surface area (Å²) < 4.78 is 6.74. The third kappa shape index (κ3) is 5.11. The second kappa shape index (κ2) is 10.9. The fraction of sp³-hybridized carbons (Fsp3) is 0.280. The van der Waals surface area contributed by atoms with E-state index >= 15 is 0 Å². The molecule has 0 amide bonds. The Bertz CT molecular complexity index is 724. The fourth-order valence-electron chi connectivity index (χ4n) is 3.59. The van der Waals surface area contributed by atoms with Crippen molar-refractivity contribution in [2.45, 2.75) is 18.4 Å². The van der Waals surface area contributed by atoms with Gasteiger partial charge in [0.25, 0.3) is 0 Å². The Balaban J connectivity index is 1.91. The number of ether oxygens (including phenoxy) is 1. The molecule has 0 fully saturated rings. The smallest absolute Gasteiger partial charge is 0.143 e. The molecular formula is C25H29NO3. The maximum atomic E-state index is 6.74. The van der Waals surface area contributed by atoms with Crippen molar-refractivity contribution >= 4 is 0 Å². The van der Waals surface area contributed by atoms with Gasteiger partial charge in [0.1, 0.15) is 5.60 Å². The van der Waals surface area contributed by atoms with Gasteiger partial charge in [0.2, 0.25) is 0 Å². The fourth-order valence-corrected chi connectivity index (χ4v) is 3.59. The largest absolute Gasteiger partial charge is 0.361 e. The Morgan fingerprint density at radius 1 is 0.621 bits per heavy atom. The molecule has 3 rings (SSSR count). The molecule has 0 saturated carbocycles. The van der Waals surface area contributed by atoms with Crippen molar-refractivity contribution in [3.8, 4) is 0 Å². The Labute approximate surface area is 173 Å². The van der Waals surface area contributed by atoms with E-state index < -0.39 is 5.60 Å². The van der Waals surface area contributed by atoms with Crippen LogP contribution in [-0.2, 0) is 20.0 Å². The Hall–Kier alpha value is -2.50. The normalized spacial score (nSPS) is 11.7. The van der Waals surface area contributed by atoms with E-state index in [4.69, 9.17) is 14.4 Å². The zero-order chi connectivity index (χ0) is 20.4. The van der Waals surface area contributed by atoms with Gasteiger partial charge in [-0.05, 0) is 29.5 Å². The summed E-state index contributed by atoms with van der Waals surface area (Å²) in [6.45, 7) is 1.30. The van der Waals surface area contributed by atoms with Crippen LogP contribution in [0.2, 0.25) is 0 Å². The van der Waals surface area contributed by atoms with E-state index in [1.807, 2.05) is 18.2 Å². The molecular weight excluding hydrogens is 362 g/mol. The molecule has 0 aliphatic carbocycles. The average molecular weight is 392 g/mol. The van der Waals surface area contributed by atoms with Crippen molar-refractivity contribution in [1.82, 2.24) is 5.23 Å². The molecule has 0 radical (unpaired) electrons. The highest BCUT2D eigenvalue weighted by molar-refractivity contribution is 5.47. The standard InChI is InChI=1S/C25H29NO3/c1-27-26(28-2)20-12-13-21-29-25(22-14-6-3-7-15-22,23-16-8-4-9-17-23)24-18-10-5-11-19-24/h3-11,14-19H,12-13,20-21H2,1-2H3. The second-order valence-electron chi connectivity index (χ2n) is 6.76. The number of hydrogen-bond acceptors (Lipinski definition) is 4. The van der Waals surface area contributed by atoms with E-state index in [0.717, 1.165) is 29.5 Å². The van der Waals surface area contributed by atoms with Crippen LogP contribution in [0.1, 0.15) is 29.5 Å². The summed E-state index contributed by atoms with van der Waals surface area (Å²) in [5, 5.41) is 1.47. The molecule has 3 aromatic rings.